The van der Waals surface area contributed by atoms with Gasteiger partial charge in [0.05, 0.1) is 9.85 Å². The molecule has 0 saturated carbocycles. The zero-order chi connectivity index (χ0) is 19.4. The Labute approximate surface area is 162 Å². The maximum atomic E-state index is 10.8. The van der Waals surface area contributed by atoms with Gasteiger partial charge in [-0.15, -0.1) is 5.70 Å². The van der Waals surface area contributed by atoms with E-state index in [4.69, 9.17) is 11.5 Å². The molecule has 0 aliphatic heterocycles. The molecule has 0 unspecified atom stereocenters. The number of aromatic hydroxyl groups is 2. The van der Waals surface area contributed by atoms with Gasteiger partial charge in [-0.25, -0.2) is 0 Å². The molecule has 0 fully saturated rings. The molecule has 0 aromatic heterocycles. The van der Waals surface area contributed by atoms with E-state index < -0.39 is 9.85 Å². The number of hydrogen-bond acceptors (Lipinski definition) is 7. The topological polar surface area (TPSA) is 177 Å². The van der Waals surface area contributed by atoms with Gasteiger partial charge >= 0.3 is 0 Å². The SMILES string of the molecule is [Co].[NH-]C(=Cc1cc([N+](=O)[O-])ccc1O)C(N)=Cc1cc([N+](=O)[O-])ccc1O. The maximum Gasteiger partial charge on any atom is 0.270 e. The molecule has 0 amide bonds. The van der Waals surface area contributed by atoms with Crippen LogP contribution < -0.4 is 5.73 Å². The molecule has 27 heavy (non-hydrogen) atoms. The van der Waals surface area contributed by atoms with E-state index in [9.17, 15) is 30.4 Å². The first-order chi connectivity index (χ1) is 12.2. The van der Waals surface area contributed by atoms with Crippen molar-refractivity contribution < 1.29 is 36.8 Å². The molecule has 0 saturated heterocycles. The van der Waals surface area contributed by atoms with Crippen molar-refractivity contribution in [2.75, 3.05) is 0 Å². The minimum atomic E-state index is -0.652. The van der Waals surface area contributed by atoms with Gasteiger partial charge in [0, 0.05) is 57.9 Å². The van der Waals surface area contributed by atoms with Gasteiger partial charge in [-0.3, -0.25) is 20.2 Å². The first kappa shape index (κ1) is 21.5. The van der Waals surface area contributed by atoms with Gasteiger partial charge in [0.2, 0.25) is 0 Å². The predicted octanol–water partition coefficient (Wildman–Crippen LogP) is 3.30. The van der Waals surface area contributed by atoms with Crippen LogP contribution in [0, 0.1) is 20.2 Å². The summed E-state index contributed by atoms with van der Waals surface area (Å²) in [6.07, 6.45) is 2.25. The van der Waals surface area contributed by atoms with E-state index in [1.165, 1.54) is 0 Å². The standard InChI is InChI=1S/C16H13N4O6.Co/c17-13(7-9-5-11(19(23)24)1-3-15(9)21)14(18)8-10-6-12(20(25)26)2-4-16(10)22;/h1-8,17,21-22H,18H2;/q-1;. The van der Waals surface area contributed by atoms with Crippen LogP contribution in [0.4, 0.5) is 11.4 Å². The quantitative estimate of drug-likeness (QED) is 0.380. The summed E-state index contributed by atoms with van der Waals surface area (Å²) in [6, 6.07) is 6.61. The average Bonchev–Trinajstić information content (AvgIpc) is 2.58. The van der Waals surface area contributed by atoms with Gasteiger partial charge in [-0.2, -0.15) is 0 Å². The first-order valence-electron chi connectivity index (χ1n) is 7.04. The summed E-state index contributed by atoms with van der Waals surface area (Å²) in [7, 11) is 0. The fraction of sp³-hybridized carbons (Fsp3) is 0. The van der Waals surface area contributed by atoms with Crippen LogP contribution in [0.25, 0.3) is 17.9 Å². The number of non-ortho nitro benzene ring substituents is 2. The molecule has 0 spiro atoms. The number of nitrogens with one attached hydrogen (secondary N) is 1. The Bertz CT molecular complexity index is 880. The molecule has 2 rings (SSSR count). The summed E-state index contributed by atoms with van der Waals surface area (Å²) in [6.45, 7) is 0. The van der Waals surface area contributed by atoms with E-state index in [0.717, 1.165) is 48.6 Å². The molecule has 10 nitrogen and oxygen atoms in total. The smallest absolute Gasteiger partial charge is 0.270 e. The third-order valence-electron chi connectivity index (χ3n) is 3.37. The van der Waals surface area contributed by atoms with Gasteiger partial charge in [-0.1, -0.05) is 6.08 Å². The summed E-state index contributed by atoms with van der Waals surface area (Å²) in [5, 5.41) is 41.1. The van der Waals surface area contributed by atoms with Crippen LogP contribution in [0.15, 0.2) is 47.8 Å². The number of benzene rings is 2. The average molecular weight is 416 g/mol. The minimum absolute atomic E-state index is 0. The van der Waals surface area contributed by atoms with E-state index in [1.807, 2.05) is 0 Å². The molecule has 0 heterocycles. The predicted molar refractivity (Wildman–Crippen MR) is 94.0 cm³/mol. The third-order valence-corrected chi connectivity index (χ3v) is 3.37. The fourth-order valence-corrected chi connectivity index (χ4v) is 2.03. The molecule has 0 aliphatic carbocycles. The van der Waals surface area contributed by atoms with Gasteiger partial charge < -0.3 is 21.7 Å². The van der Waals surface area contributed by atoms with Crippen molar-refractivity contribution in [3.63, 3.8) is 0 Å². The Kier molecular flexibility index (Phi) is 6.91. The Morgan fingerprint density at radius 1 is 0.926 bits per heavy atom. The van der Waals surface area contributed by atoms with E-state index in [1.54, 1.807) is 0 Å². The van der Waals surface area contributed by atoms with Crippen LogP contribution in [-0.2, 0) is 16.8 Å². The molecule has 2 aromatic carbocycles. The van der Waals surface area contributed by atoms with E-state index in [2.05, 4.69) is 0 Å². The monoisotopic (exact) mass is 416 g/mol. The van der Waals surface area contributed by atoms with Crippen LogP contribution in [0.2, 0.25) is 0 Å². The molecule has 1 radical (unpaired) electrons. The molecule has 143 valence electrons. The Morgan fingerprint density at radius 3 is 1.74 bits per heavy atom. The molecular weight excluding hydrogens is 403 g/mol. The first-order valence-corrected chi connectivity index (χ1v) is 7.04. The number of phenolic OH excluding ortho intramolecular Hbond substituents is 2. The number of hydrogen-bond donors (Lipinski definition) is 3. The van der Waals surface area contributed by atoms with E-state index in [-0.39, 0.29) is 62.2 Å². The number of rotatable bonds is 5. The van der Waals surface area contributed by atoms with Gasteiger partial charge in [0.1, 0.15) is 11.5 Å². The third kappa shape index (κ3) is 5.20. The van der Waals surface area contributed by atoms with Crippen molar-refractivity contribution in [3.8, 4) is 11.5 Å². The number of nitrogens with two attached hydrogens (primary N) is 1. The van der Waals surface area contributed by atoms with Crippen molar-refractivity contribution >= 4 is 23.5 Å². The van der Waals surface area contributed by atoms with E-state index in [0.29, 0.717) is 0 Å². The molecular formula is C16H13CoN4O6-. The van der Waals surface area contributed by atoms with Gasteiger partial charge in [0.15, 0.2) is 0 Å². The zero-order valence-electron chi connectivity index (χ0n) is 13.5. The second-order valence-corrected chi connectivity index (χ2v) is 5.16. The second kappa shape index (κ2) is 8.69. The number of nitro benzene ring substituents is 2. The zero-order valence-corrected chi connectivity index (χ0v) is 14.5. The summed E-state index contributed by atoms with van der Waals surface area (Å²) in [4.78, 5) is 20.3. The van der Waals surface area contributed by atoms with Gasteiger partial charge in [0.25, 0.3) is 11.4 Å². The normalized spacial score (nSPS) is 11.6. The second-order valence-electron chi connectivity index (χ2n) is 5.16. The van der Waals surface area contributed by atoms with Crippen LogP contribution in [-0.4, -0.2) is 20.1 Å². The van der Waals surface area contributed by atoms with Crippen molar-refractivity contribution in [2.45, 2.75) is 0 Å². The Hall–Kier alpha value is -3.57. The maximum absolute atomic E-state index is 10.8. The molecule has 5 N–H and O–H groups in total. The van der Waals surface area contributed by atoms with E-state index >= 15 is 0 Å². The number of nitrogens with zero attached hydrogens (tertiary/aromatic N) is 2. The fourth-order valence-electron chi connectivity index (χ4n) is 2.03. The van der Waals surface area contributed by atoms with Crippen molar-refractivity contribution in [3.05, 3.63) is 84.9 Å². The molecule has 0 atom stereocenters. The van der Waals surface area contributed by atoms with Crippen molar-refractivity contribution in [2.24, 2.45) is 5.73 Å². The minimum Gasteiger partial charge on any atom is -0.697 e. The largest absolute Gasteiger partial charge is 0.697 e. The van der Waals surface area contributed by atoms with Crippen LogP contribution in [0.1, 0.15) is 11.1 Å². The Balaban J connectivity index is 0.00000364. The van der Waals surface area contributed by atoms with Gasteiger partial charge in [-0.05, 0) is 18.2 Å². The molecule has 0 bridgehead atoms. The Morgan fingerprint density at radius 2 is 1.33 bits per heavy atom. The summed E-state index contributed by atoms with van der Waals surface area (Å²) < 4.78 is 0. The van der Waals surface area contributed by atoms with Crippen LogP contribution in [0.5, 0.6) is 11.5 Å². The summed E-state index contributed by atoms with van der Waals surface area (Å²) in [5.41, 5.74) is 12.7. The van der Waals surface area contributed by atoms with Crippen LogP contribution in [0.3, 0.4) is 0 Å². The molecule has 11 heteroatoms. The van der Waals surface area contributed by atoms with Crippen molar-refractivity contribution in [1.29, 1.82) is 0 Å². The van der Waals surface area contributed by atoms with Crippen molar-refractivity contribution in [1.82, 2.24) is 0 Å². The summed E-state index contributed by atoms with van der Waals surface area (Å²) in [5.74, 6) is -0.559. The molecule has 2 aromatic rings. The van der Waals surface area contributed by atoms with Crippen LogP contribution >= 0.6 is 0 Å². The number of phenols is 2. The summed E-state index contributed by atoms with van der Waals surface area (Å²) >= 11 is 0. The number of nitro groups is 2. The molecule has 0 aliphatic rings.